The van der Waals surface area contributed by atoms with E-state index >= 15 is 0 Å². The highest BCUT2D eigenvalue weighted by molar-refractivity contribution is 6.42. The molecule has 3 aromatic rings. The molecule has 2 aliphatic heterocycles. The van der Waals surface area contributed by atoms with Gasteiger partial charge in [0, 0.05) is 40.2 Å². The number of benzene rings is 3. The third-order valence-electron chi connectivity index (χ3n) is 8.62. The molecule has 41 heavy (non-hydrogen) atoms. The zero-order chi connectivity index (χ0) is 28.3. The molecule has 2 saturated heterocycles. The van der Waals surface area contributed by atoms with E-state index in [-0.39, 0.29) is 29.9 Å². The van der Waals surface area contributed by atoms with Crippen molar-refractivity contribution >= 4 is 47.5 Å². The van der Waals surface area contributed by atoms with E-state index < -0.39 is 5.54 Å². The number of nitrogens with zero attached hydrogens (tertiary/aromatic N) is 3. The van der Waals surface area contributed by atoms with Gasteiger partial charge in [-0.3, -0.25) is 4.79 Å². The van der Waals surface area contributed by atoms with Crippen LogP contribution < -0.4 is 5.32 Å². The highest BCUT2D eigenvalue weighted by Gasteiger charge is 2.49. The summed E-state index contributed by atoms with van der Waals surface area (Å²) in [6.45, 7) is 5.19. The Morgan fingerprint density at radius 2 is 1.54 bits per heavy atom. The van der Waals surface area contributed by atoms with Gasteiger partial charge in [-0.05, 0) is 48.1 Å². The third-order valence-corrected chi connectivity index (χ3v) is 9.36. The molecule has 6 nitrogen and oxygen atoms in total. The van der Waals surface area contributed by atoms with Gasteiger partial charge in [0.25, 0.3) is 0 Å². The molecule has 9 heteroatoms. The van der Waals surface area contributed by atoms with Crippen molar-refractivity contribution in [2.45, 2.75) is 43.8 Å². The second-order valence-corrected chi connectivity index (χ2v) is 11.9. The van der Waals surface area contributed by atoms with E-state index in [9.17, 15) is 9.59 Å². The molecule has 0 aromatic heterocycles. The van der Waals surface area contributed by atoms with Crippen LogP contribution in [0.1, 0.15) is 42.9 Å². The predicted molar refractivity (Wildman–Crippen MR) is 168 cm³/mol. The predicted octanol–water partition coefficient (Wildman–Crippen LogP) is 6.70. The van der Waals surface area contributed by atoms with Gasteiger partial charge in [-0.15, -0.1) is 12.4 Å². The fourth-order valence-corrected chi connectivity index (χ4v) is 6.65. The van der Waals surface area contributed by atoms with Gasteiger partial charge in [-0.2, -0.15) is 0 Å². The molecule has 218 valence electrons. The lowest BCUT2D eigenvalue weighted by atomic mass is 9.80. The normalized spacial score (nSPS) is 20.5. The molecule has 1 atom stereocenters. The number of amides is 3. The fraction of sp³-hybridized carbons (Fsp3) is 0.375. The summed E-state index contributed by atoms with van der Waals surface area (Å²) in [4.78, 5) is 32.0. The number of hydrogen-bond donors (Lipinski definition) is 1. The molecule has 2 fully saturated rings. The summed E-state index contributed by atoms with van der Waals surface area (Å²) < 4.78 is 0. The van der Waals surface area contributed by atoms with Crippen molar-refractivity contribution in [3.63, 3.8) is 0 Å². The van der Waals surface area contributed by atoms with Gasteiger partial charge in [0.1, 0.15) is 0 Å². The van der Waals surface area contributed by atoms with Crippen LogP contribution in [0, 0.1) is 0 Å². The van der Waals surface area contributed by atoms with Crippen LogP contribution in [0.25, 0.3) is 0 Å². The Balaban J connectivity index is 0.00000387. The van der Waals surface area contributed by atoms with Crippen molar-refractivity contribution in [3.05, 3.63) is 106 Å². The molecule has 2 aliphatic rings. The standard InChI is InChI=1S/C32H36Cl2N4O2.ClH/c1-24(39)35-31(26-11-7-4-8-12-26)15-18-37(19-16-31)20-17-32(27-13-14-28(33)29(34)21-27)23-38(30(40)36(32)2)22-25-9-5-3-6-10-25;/h3-14,21H,15-20,22-23H2,1-2H3,(H,35,39);1H. The summed E-state index contributed by atoms with van der Waals surface area (Å²) in [6, 6.07) is 26.1. The molecule has 3 amide bonds. The highest BCUT2D eigenvalue weighted by atomic mass is 35.5. The van der Waals surface area contributed by atoms with E-state index in [0.29, 0.717) is 23.1 Å². The maximum absolute atomic E-state index is 13.6. The first kappa shape index (κ1) is 31.2. The average molecular weight is 616 g/mol. The van der Waals surface area contributed by atoms with Gasteiger partial charge < -0.3 is 20.0 Å². The van der Waals surface area contributed by atoms with Crippen LogP contribution in [0.3, 0.4) is 0 Å². The summed E-state index contributed by atoms with van der Waals surface area (Å²) in [5.41, 5.74) is 2.32. The number of urea groups is 1. The number of likely N-dealkylation sites (tertiary alicyclic amines) is 1. The maximum Gasteiger partial charge on any atom is 0.320 e. The third kappa shape index (κ3) is 6.51. The van der Waals surface area contributed by atoms with E-state index in [4.69, 9.17) is 23.2 Å². The van der Waals surface area contributed by atoms with E-state index in [1.54, 1.807) is 6.92 Å². The molecule has 0 radical (unpaired) electrons. The molecular formula is C32H37Cl3N4O2. The number of halogens is 3. The Morgan fingerprint density at radius 1 is 0.902 bits per heavy atom. The number of likely N-dealkylation sites (N-methyl/N-ethyl adjacent to an activating group) is 1. The quantitative estimate of drug-likeness (QED) is 0.307. The van der Waals surface area contributed by atoms with Crippen molar-refractivity contribution in [3.8, 4) is 0 Å². The van der Waals surface area contributed by atoms with Crippen molar-refractivity contribution in [1.82, 2.24) is 20.0 Å². The summed E-state index contributed by atoms with van der Waals surface area (Å²) in [5.74, 6) is -0.0135. The van der Waals surface area contributed by atoms with Crippen molar-refractivity contribution in [1.29, 1.82) is 0 Å². The molecule has 0 bridgehead atoms. The molecular weight excluding hydrogens is 579 g/mol. The lowest BCUT2D eigenvalue weighted by Gasteiger charge is -2.44. The molecule has 1 N–H and O–H groups in total. The van der Waals surface area contributed by atoms with Crippen LogP contribution in [0.5, 0.6) is 0 Å². The summed E-state index contributed by atoms with van der Waals surface area (Å²) in [6.07, 6.45) is 2.40. The molecule has 0 saturated carbocycles. The molecule has 2 heterocycles. The topological polar surface area (TPSA) is 55.9 Å². The number of rotatable bonds is 8. The second kappa shape index (κ2) is 13.0. The lowest BCUT2D eigenvalue weighted by Crippen LogP contribution is -2.53. The van der Waals surface area contributed by atoms with Gasteiger partial charge in [-0.1, -0.05) is 89.9 Å². The van der Waals surface area contributed by atoms with Gasteiger partial charge in [0.15, 0.2) is 0 Å². The van der Waals surface area contributed by atoms with Gasteiger partial charge in [-0.25, -0.2) is 4.79 Å². The molecule has 3 aromatic carbocycles. The van der Waals surface area contributed by atoms with Gasteiger partial charge in [0.05, 0.1) is 27.7 Å². The average Bonchev–Trinajstić information content (AvgIpc) is 3.20. The molecule has 0 spiro atoms. The maximum atomic E-state index is 13.6. The monoisotopic (exact) mass is 614 g/mol. The van der Waals surface area contributed by atoms with Crippen LogP contribution in [0.4, 0.5) is 4.79 Å². The van der Waals surface area contributed by atoms with Crippen LogP contribution in [-0.2, 0) is 22.4 Å². The van der Waals surface area contributed by atoms with Crippen molar-refractivity contribution in [2.24, 2.45) is 0 Å². The van der Waals surface area contributed by atoms with Crippen LogP contribution >= 0.6 is 35.6 Å². The minimum atomic E-state index is -0.550. The number of carbonyl (C=O) groups excluding carboxylic acids is 2. The van der Waals surface area contributed by atoms with E-state index in [1.807, 2.05) is 83.6 Å². The molecule has 0 aliphatic carbocycles. The first-order valence-corrected chi connectivity index (χ1v) is 14.6. The minimum absolute atomic E-state index is 0. The fourth-order valence-electron chi connectivity index (χ4n) is 6.36. The minimum Gasteiger partial charge on any atom is -0.347 e. The Kier molecular flexibility index (Phi) is 9.91. The zero-order valence-electron chi connectivity index (χ0n) is 23.5. The summed E-state index contributed by atoms with van der Waals surface area (Å²) in [5, 5.41) is 4.25. The number of piperidine rings is 1. The number of carbonyl (C=O) groups is 2. The zero-order valence-corrected chi connectivity index (χ0v) is 25.8. The van der Waals surface area contributed by atoms with E-state index in [0.717, 1.165) is 55.6 Å². The summed E-state index contributed by atoms with van der Waals surface area (Å²) >= 11 is 12.8. The van der Waals surface area contributed by atoms with Gasteiger partial charge in [0.2, 0.25) is 5.91 Å². The Morgan fingerprint density at radius 3 is 2.15 bits per heavy atom. The SMILES string of the molecule is CC(=O)NC1(c2ccccc2)CCN(CCC2(c3ccc(Cl)c(Cl)c3)CN(Cc3ccccc3)C(=O)N2C)CC1.Cl. The first-order chi connectivity index (χ1) is 19.2. The molecule has 5 rings (SSSR count). The van der Waals surface area contributed by atoms with Crippen LogP contribution in [0.2, 0.25) is 10.0 Å². The van der Waals surface area contributed by atoms with E-state index in [2.05, 4.69) is 22.3 Å². The number of hydrogen-bond acceptors (Lipinski definition) is 3. The van der Waals surface area contributed by atoms with Gasteiger partial charge >= 0.3 is 6.03 Å². The lowest BCUT2D eigenvalue weighted by molar-refractivity contribution is -0.121. The Bertz CT molecular complexity index is 1350. The first-order valence-electron chi connectivity index (χ1n) is 13.8. The van der Waals surface area contributed by atoms with Crippen molar-refractivity contribution in [2.75, 3.05) is 33.2 Å². The highest BCUT2D eigenvalue weighted by Crippen LogP contribution is 2.41. The second-order valence-electron chi connectivity index (χ2n) is 11.1. The molecule has 1 unspecified atom stereocenters. The largest absolute Gasteiger partial charge is 0.347 e. The van der Waals surface area contributed by atoms with Crippen molar-refractivity contribution < 1.29 is 9.59 Å². The van der Waals surface area contributed by atoms with Crippen LogP contribution in [0.15, 0.2) is 78.9 Å². The smallest absolute Gasteiger partial charge is 0.320 e. The van der Waals surface area contributed by atoms with E-state index in [1.165, 1.54) is 0 Å². The van der Waals surface area contributed by atoms with Crippen LogP contribution in [-0.4, -0.2) is 59.9 Å². The Labute approximate surface area is 259 Å². The number of nitrogens with one attached hydrogen (secondary N) is 1. The Hall–Kier alpha value is -2.77. The summed E-state index contributed by atoms with van der Waals surface area (Å²) in [7, 11) is 1.89.